The monoisotopic (exact) mass is 1380 g/mol. The molecular weight excluding hydrogens is 1300 g/mol. The summed E-state index contributed by atoms with van der Waals surface area (Å²) in [4.78, 5) is 29.5. The first kappa shape index (κ1) is 69.1. The van der Waals surface area contributed by atoms with Gasteiger partial charge in [-0.2, -0.15) is 0 Å². The highest BCUT2D eigenvalue weighted by Gasteiger charge is 2.64. The van der Waals surface area contributed by atoms with Gasteiger partial charge in [-0.25, -0.2) is 29.9 Å². The first-order chi connectivity index (χ1) is 47.9. The van der Waals surface area contributed by atoms with Crippen molar-refractivity contribution in [3.8, 4) is 113 Å². The van der Waals surface area contributed by atoms with E-state index in [1.54, 1.807) is 0 Å². The summed E-state index contributed by atoms with van der Waals surface area (Å²) in [7, 11) is -1.38. The fourth-order valence-electron chi connectivity index (χ4n) is 11.8. The van der Waals surface area contributed by atoms with Crippen LogP contribution >= 0.6 is 15.9 Å². The Morgan fingerprint density at radius 2 is 0.450 bits per heavy atom. The molecule has 15 rings (SSSR count). The molecule has 12 nitrogen and oxygen atoms in total. The second kappa shape index (κ2) is 28.4. The minimum absolute atomic E-state index is 0.360. The number of halogens is 1. The lowest BCUT2D eigenvalue weighted by atomic mass is 9.49. The molecule has 3 fully saturated rings. The fourth-order valence-corrected chi connectivity index (χ4v) is 12.2. The van der Waals surface area contributed by atoms with E-state index in [4.69, 9.17) is 57.8 Å². The molecule has 0 atom stereocenters. The van der Waals surface area contributed by atoms with Crippen LogP contribution in [0.1, 0.15) is 83.1 Å². The maximum Gasteiger partial charge on any atom is 0.494 e. The molecular formula is C84H80B3BrN6O6. The van der Waals surface area contributed by atoms with Crippen LogP contribution in [-0.4, -0.2) is 84.6 Å². The van der Waals surface area contributed by atoms with Crippen LogP contribution in [0.5, 0.6) is 0 Å². The molecule has 0 amide bonds. The van der Waals surface area contributed by atoms with Gasteiger partial charge in [0.05, 0.1) is 33.6 Å². The fraction of sp³-hybridized carbons (Fsp3) is 0.214. The van der Waals surface area contributed by atoms with Crippen LogP contribution in [-0.2, 0) is 27.9 Å². The predicted octanol–water partition coefficient (Wildman–Crippen LogP) is 19.7. The van der Waals surface area contributed by atoms with Crippen molar-refractivity contribution in [2.24, 2.45) is 0 Å². The quantitative estimate of drug-likeness (QED) is 0.108. The van der Waals surface area contributed by atoms with E-state index in [-0.39, 0.29) is 22.4 Å². The van der Waals surface area contributed by atoms with Crippen LogP contribution in [0.2, 0.25) is 0 Å². The SMILES string of the molecule is Brc1cccc(-c2cccc(-c3nc(-c4ccccc4)nc(-c4ccc(-c5ccccc5)cc4)n3)c2)c1.CC1(C)OB(B2OC(C)(C)C(C)(C)O2)OC1(C)C.CC1(C)OB(c2cccc(-c3cccc(-c4nc(-c5ccccc5)nc(-c5ccc(-c6ccccc6)cc5)n4)c3)c2)OC1(C)C. The van der Waals surface area contributed by atoms with Crippen molar-refractivity contribution < 1.29 is 27.9 Å². The highest BCUT2D eigenvalue weighted by molar-refractivity contribution is 9.10. The molecule has 0 unspecified atom stereocenters. The smallest absolute Gasteiger partial charge is 0.405 e. The van der Waals surface area contributed by atoms with Gasteiger partial charge < -0.3 is 27.9 Å². The molecule has 0 radical (unpaired) electrons. The van der Waals surface area contributed by atoms with Gasteiger partial charge in [-0.1, -0.05) is 259 Å². The topological polar surface area (TPSA) is 133 Å². The third kappa shape index (κ3) is 15.2. The number of hydrogen-bond donors (Lipinski definition) is 0. The number of nitrogens with zero attached hydrogens (tertiary/aromatic N) is 6. The van der Waals surface area contributed by atoms with Crippen LogP contribution in [0.3, 0.4) is 0 Å². The van der Waals surface area contributed by atoms with Crippen molar-refractivity contribution in [1.29, 1.82) is 0 Å². The van der Waals surface area contributed by atoms with Crippen molar-refractivity contribution in [3.63, 3.8) is 0 Å². The molecule has 10 aromatic carbocycles. The Morgan fingerprint density at radius 1 is 0.220 bits per heavy atom. The molecule has 2 aromatic heterocycles. The molecule has 498 valence electrons. The summed E-state index contributed by atoms with van der Waals surface area (Å²) in [5, 5.41) is 0. The normalized spacial score (nSPS) is 16.6. The summed E-state index contributed by atoms with van der Waals surface area (Å²) in [6.45, 7) is 24.5. The van der Waals surface area contributed by atoms with E-state index in [0.29, 0.717) is 34.9 Å². The lowest BCUT2D eigenvalue weighted by Crippen LogP contribution is -2.41. The third-order valence-electron chi connectivity index (χ3n) is 19.7. The first-order valence-corrected chi connectivity index (χ1v) is 34.7. The van der Waals surface area contributed by atoms with Gasteiger partial charge in [0.2, 0.25) is 0 Å². The van der Waals surface area contributed by atoms with Gasteiger partial charge in [0.15, 0.2) is 34.9 Å². The van der Waals surface area contributed by atoms with Crippen LogP contribution in [0.25, 0.3) is 113 Å². The standard InChI is InChI=1S/C39H34BN3O2.C33H22BrN3.C12H24B2O4/c1-38(2)39(3,4)45-40(44-38)34-20-12-18-32(26-34)31-17-11-19-33(25-31)37-42-35(29-15-9-6-10-16-29)41-36(43-37)30-23-21-28(22-24-30)27-13-7-5-8-14-27;34-30-16-8-14-28(22-30)27-13-7-15-29(21-27)33-36-31(25-11-5-2-6-12-25)35-32(37-33)26-19-17-24(18-20-26)23-9-3-1-4-10-23;1-9(2)10(3,4)16-13(15-9)14-17-11(5,6)12(7,8)18-14/h5-26H,1-4H3;1-22H;1-8H3. The Bertz CT molecular complexity index is 4760. The third-order valence-corrected chi connectivity index (χ3v) is 20.2. The molecule has 5 heterocycles. The van der Waals surface area contributed by atoms with E-state index in [2.05, 4.69) is 201 Å². The average molecular weight is 1380 g/mol. The molecule has 3 aliphatic heterocycles. The largest absolute Gasteiger partial charge is 0.494 e. The Balaban J connectivity index is 0.000000146. The van der Waals surface area contributed by atoms with Gasteiger partial charge in [0.1, 0.15) is 0 Å². The Morgan fingerprint density at radius 3 is 0.790 bits per heavy atom. The van der Waals surface area contributed by atoms with Crippen LogP contribution in [0.15, 0.2) is 271 Å². The molecule has 0 bridgehead atoms. The van der Waals surface area contributed by atoms with Gasteiger partial charge in [0.25, 0.3) is 0 Å². The second-order valence-corrected chi connectivity index (χ2v) is 29.3. The van der Waals surface area contributed by atoms with Crippen LogP contribution in [0.4, 0.5) is 0 Å². The summed E-state index contributed by atoms with van der Waals surface area (Å²) >= 11 is 3.58. The molecule has 100 heavy (non-hydrogen) atoms. The maximum atomic E-state index is 6.33. The zero-order valence-corrected chi connectivity index (χ0v) is 60.2. The van der Waals surface area contributed by atoms with Gasteiger partial charge in [0, 0.05) is 37.9 Å². The van der Waals surface area contributed by atoms with E-state index >= 15 is 0 Å². The summed E-state index contributed by atoms with van der Waals surface area (Å²) in [6.07, 6.45) is 0. The van der Waals surface area contributed by atoms with Crippen molar-refractivity contribution in [1.82, 2.24) is 29.9 Å². The van der Waals surface area contributed by atoms with Gasteiger partial charge in [-0.3, -0.25) is 0 Å². The van der Waals surface area contributed by atoms with Gasteiger partial charge >= 0.3 is 21.1 Å². The summed E-state index contributed by atoms with van der Waals surface area (Å²) in [6, 6.07) is 90.9. The molecule has 0 N–H and O–H groups in total. The lowest BCUT2D eigenvalue weighted by molar-refractivity contribution is 0.00578. The highest BCUT2D eigenvalue weighted by atomic mass is 79.9. The van der Waals surface area contributed by atoms with Crippen molar-refractivity contribution in [2.45, 2.75) is 117 Å². The number of rotatable bonds is 12. The Hall–Kier alpha value is -9.35. The van der Waals surface area contributed by atoms with Crippen LogP contribution in [0, 0.1) is 0 Å². The molecule has 12 aromatic rings. The van der Waals surface area contributed by atoms with Gasteiger partial charge in [-0.05, 0) is 157 Å². The summed E-state index contributed by atoms with van der Waals surface area (Å²) < 4.78 is 37.5. The Labute approximate surface area is 597 Å². The molecule has 0 saturated carbocycles. The molecule has 3 aliphatic rings. The number of benzene rings is 10. The van der Waals surface area contributed by atoms with Crippen molar-refractivity contribution in [2.75, 3.05) is 0 Å². The zero-order valence-electron chi connectivity index (χ0n) is 58.6. The molecule has 0 aliphatic carbocycles. The average Bonchev–Trinajstić information content (AvgIpc) is 1.57. The molecule has 3 saturated heterocycles. The second-order valence-electron chi connectivity index (χ2n) is 28.4. The molecule has 16 heteroatoms. The van der Waals surface area contributed by atoms with Crippen LogP contribution < -0.4 is 5.46 Å². The van der Waals surface area contributed by atoms with E-state index in [9.17, 15) is 0 Å². The van der Waals surface area contributed by atoms with E-state index < -0.39 is 32.3 Å². The summed E-state index contributed by atoms with van der Waals surface area (Å²) in [5.41, 5.74) is 13.4. The zero-order chi connectivity index (χ0) is 70.0. The lowest BCUT2D eigenvalue weighted by Gasteiger charge is -2.32. The van der Waals surface area contributed by atoms with E-state index in [1.807, 2.05) is 165 Å². The predicted molar refractivity (Wildman–Crippen MR) is 410 cm³/mol. The highest BCUT2D eigenvalue weighted by Crippen LogP contribution is 2.44. The number of hydrogen-bond acceptors (Lipinski definition) is 12. The van der Waals surface area contributed by atoms with E-state index in [1.165, 1.54) is 11.1 Å². The summed E-state index contributed by atoms with van der Waals surface area (Å²) in [5.74, 6) is 3.84. The van der Waals surface area contributed by atoms with E-state index in [0.717, 1.165) is 76.7 Å². The van der Waals surface area contributed by atoms with Crippen molar-refractivity contribution >= 4 is 42.5 Å². The van der Waals surface area contributed by atoms with Crippen molar-refractivity contribution in [3.05, 3.63) is 271 Å². The maximum absolute atomic E-state index is 6.33. The number of aromatic nitrogens is 6. The minimum Gasteiger partial charge on any atom is -0.405 e. The van der Waals surface area contributed by atoms with Gasteiger partial charge in [-0.15, -0.1) is 0 Å². The first-order valence-electron chi connectivity index (χ1n) is 34.0. The molecule has 0 spiro atoms. The minimum atomic E-state index is -0.476. The Kier molecular flexibility index (Phi) is 19.6.